The summed E-state index contributed by atoms with van der Waals surface area (Å²) in [5.41, 5.74) is 2.61. The van der Waals surface area contributed by atoms with E-state index in [1.165, 1.54) is 18.2 Å². The fraction of sp³-hybridized carbons (Fsp3) is 0.0625. The molecule has 3 rings (SSSR count). The van der Waals surface area contributed by atoms with Crippen LogP contribution in [0.5, 0.6) is 0 Å². The Morgan fingerprint density at radius 3 is 2.38 bits per heavy atom. The summed E-state index contributed by atoms with van der Waals surface area (Å²) in [6, 6.07) is 12.9. The molecule has 1 heterocycles. The number of sulfonamides is 1. The van der Waals surface area contributed by atoms with Gasteiger partial charge < -0.3 is 10.1 Å². The van der Waals surface area contributed by atoms with Crippen LogP contribution in [0.2, 0.25) is 0 Å². The summed E-state index contributed by atoms with van der Waals surface area (Å²) < 4.78 is 22.7. The number of hydrogen-bond donors (Lipinski definition) is 1. The first-order chi connectivity index (χ1) is 11.3. The highest BCUT2D eigenvalue weighted by Crippen LogP contribution is 2.31. The number of pyridine rings is 1. The van der Waals surface area contributed by atoms with Crippen LogP contribution in [0.25, 0.3) is 22.0 Å². The molecule has 0 spiro atoms. The number of nitro groups is 1. The van der Waals surface area contributed by atoms with E-state index in [9.17, 15) is 18.5 Å². The van der Waals surface area contributed by atoms with Crippen LogP contribution in [0.1, 0.15) is 5.56 Å². The molecule has 0 atom stereocenters. The third-order valence-corrected chi connectivity index (χ3v) is 4.64. The van der Waals surface area contributed by atoms with Crippen LogP contribution in [0.4, 0.5) is 5.82 Å². The number of aryl methyl sites for hydroxylation is 1. The largest absolute Gasteiger partial charge is 0.364 e. The zero-order valence-corrected chi connectivity index (χ0v) is 13.4. The molecular formula is C16H13N3O4S. The highest BCUT2D eigenvalue weighted by Gasteiger charge is 2.17. The summed E-state index contributed by atoms with van der Waals surface area (Å²) in [4.78, 5) is 14.7. The Kier molecular flexibility index (Phi) is 3.78. The molecule has 0 bridgehead atoms. The van der Waals surface area contributed by atoms with Gasteiger partial charge in [0.15, 0.2) is 5.52 Å². The van der Waals surface area contributed by atoms with E-state index in [0.29, 0.717) is 16.6 Å². The van der Waals surface area contributed by atoms with E-state index in [4.69, 9.17) is 5.14 Å². The minimum absolute atomic E-state index is 0.00149. The molecule has 2 aromatic carbocycles. The summed E-state index contributed by atoms with van der Waals surface area (Å²) >= 11 is 0. The van der Waals surface area contributed by atoms with Crippen molar-refractivity contribution < 1.29 is 13.3 Å². The smallest absolute Gasteiger partial charge is 0.358 e. The maximum Gasteiger partial charge on any atom is 0.364 e. The summed E-state index contributed by atoms with van der Waals surface area (Å²) in [6.45, 7) is 1.78. The monoisotopic (exact) mass is 343 g/mol. The molecule has 7 nitrogen and oxygen atoms in total. The topological polar surface area (TPSA) is 116 Å². The molecule has 0 amide bonds. The molecule has 0 aliphatic rings. The van der Waals surface area contributed by atoms with Crippen molar-refractivity contribution in [1.29, 1.82) is 0 Å². The Morgan fingerprint density at radius 2 is 1.79 bits per heavy atom. The molecule has 0 saturated carbocycles. The van der Waals surface area contributed by atoms with Gasteiger partial charge in [0.2, 0.25) is 10.0 Å². The third-order valence-electron chi connectivity index (χ3n) is 3.71. The second-order valence-electron chi connectivity index (χ2n) is 5.33. The van der Waals surface area contributed by atoms with E-state index in [1.807, 2.05) is 12.1 Å². The Hall–Kier alpha value is -2.84. The van der Waals surface area contributed by atoms with Crippen LogP contribution in [0.15, 0.2) is 53.4 Å². The normalized spacial score (nSPS) is 11.6. The highest BCUT2D eigenvalue weighted by molar-refractivity contribution is 7.89. The number of nitrogens with two attached hydrogens (primary N) is 1. The van der Waals surface area contributed by atoms with Gasteiger partial charge in [-0.3, -0.25) is 0 Å². The lowest BCUT2D eigenvalue weighted by Gasteiger charge is -2.06. The number of fused-ring (bicyclic) bond motifs is 1. The summed E-state index contributed by atoms with van der Waals surface area (Å²) in [5, 5.41) is 17.0. The van der Waals surface area contributed by atoms with Gasteiger partial charge in [-0.15, -0.1) is 0 Å². The molecule has 122 valence electrons. The van der Waals surface area contributed by atoms with E-state index in [0.717, 1.165) is 10.9 Å². The second-order valence-corrected chi connectivity index (χ2v) is 6.89. The van der Waals surface area contributed by atoms with Gasteiger partial charge in [-0.25, -0.2) is 13.6 Å². The van der Waals surface area contributed by atoms with Crippen molar-refractivity contribution in [3.63, 3.8) is 0 Å². The minimum Gasteiger partial charge on any atom is -0.358 e. The van der Waals surface area contributed by atoms with E-state index >= 15 is 0 Å². The van der Waals surface area contributed by atoms with Crippen LogP contribution in [0.3, 0.4) is 0 Å². The quantitative estimate of drug-likeness (QED) is 0.580. The number of rotatable bonds is 3. The molecular weight excluding hydrogens is 330 g/mol. The predicted octanol–water partition coefficient (Wildman–Crippen LogP) is 2.77. The predicted molar refractivity (Wildman–Crippen MR) is 89.9 cm³/mol. The fourth-order valence-electron chi connectivity index (χ4n) is 2.55. The van der Waals surface area contributed by atoms with E-state index in [1.54, 1.807) is 25.1 Å². The van der Waals surface area contributed by atoms with Crippen molar-refractivity contribution in [2.24, 2.45) is 5.14 Å². The number of aromatic nitrogens is 1. The van der Waals surface area contributed by atoms with Gasteiger partial charge in [0.1, 0.15) is 0 Å². The van der Waals surface area contributed by atoms with Crippen LogP contribution in [-0.2, 0) is 10.0 Å². The van der Waals surface area contributed by atoms with Gasteiger partial charge in [-0.2, -0.15) is 0 Å². The van der Waals surface area contributed by atoms with Gasteiger partial charge in [-0.05, 0) is 46.2 Å². The lowest BCUT2D eigenvalue weighted by Crippen LogP contribution is -2.11. The molecule has 0 radical (unpaired) electrons. The minimum atomic E-state index is -3.77. The zero-order valence-electron chi connectivity index (χ0n) is 12.6. The van der Waals surface area contributed by atoms with Gasteiger partial charge in [0, 0.05) is 17.0 Å². The van der Waals surface area contributed by atoms with Gasteiger partial charge in [0.25, 0.3) is 0 Å². The molecule has 24 heavy (non-hydrogen) atoms. The summed E-state index contributed by atoms with van der Waals surface area (Å²) in [5.74, 6) is -0.228. The second kappa shape index (κ2) is 5.66. The van der Waals surface area contributed by atoms with Gasteiger partial charge >= 0.3 is 5.82 Å². The first-order valence-electron chi connectivity index (χ1n) is 6.95. The molecule has 0 saturated heterocycles. The van der Waals surface area contributed by atoms with E-state index < -0.39 is 14.9 Å². The fourth-order valence-corrected chi connectivity index (χ4v) is 3.07. The number of primary sulfonamides is 1. The number of para-hydroxylation sites is 1. The average Bonchev–Trinajstić information content (AvgIpc) is 2.53. The molecule has 0 fully saturated rings. The van der Waals surface area contributed by atoms with E-state index in [2.05, 4.69) is 4.98 Å². The van der Waals surface area contributed by atoms with E-state index in [-0.39, 0.29) is 10.7 Å². The maximum absolute atomic E-state index is 11.3. The maximum atomic E-state index is 11.3. The van der Waals surface area contributed by atoms with Crippen molar-refractivity contribution in [2.45, 2.75) is 11.8 Å². The Balaban J connectivity index is 2.24. The first-order valence-corrected chi connectivity index (χ1v) is 8.50. The Morgan fingerprint density at radius 1 is 1.12 bits per heavy atom. The molecule has 1 aromatic heterocycles. The SMILES string of the molecule is Cc1cc([N+](=O)[O-])nc2c(-c3ccc(S(N)(=O)=O)cc3)cccc12. The molecule has 0 aliphatic heterocycles. The van der Waals surface area contributed by atoms with Crippen LogP contribution in [0, 0.1) is 17.0 Å². The Bertz CT molecular complexity index is 1060. The van der Waals surface area contributed by atoms with Crippen LogP contribution >= 0.6 is 0 Å². The summed E-state index contributed by atoms with van der Waals surface area (Å²) in [6.07, 6.45) is 0. The zero-order chi connectivity index (χ0) is 17.5. The van der Waals surface area contributed by atoms with Crippen LogP contribution < -0.4 is 5.14 Å². The molecule has 0 aliphatic carbocycles. The van der Waals surface area contributed by atoms with Crippen molar-refractivity contribution in [1.82, 2.24) is 4.98 Å². The first kappa shape index (κ1) is 16.0. The molecule has 0 unspecified atom stereocenters. The van der Waals surface area contributed by atoms with Crippen LogP contribution in [-0.4, -0.2) is 18.3 Å². The summed E-state index contributed by atoms with van der Waals surface area (Å²) in [7, 11) is -3.77. The standard InChI is InChI=1S/C16H13N3O4S/c1-10-9-15(19(20)21)18-16-13(10)3-2-4-14(16)11-5-7-12(8-6-11)24(17,22)23/h2-9H,1H3,(H2,17,22,23). The highest BCUT2D eigenvalue weighted by atomic mass is 32.2. The lowest BCUT2D eigenvalue weighted by molar-refractivity contribution is -0.389. The average molecular weight is 343 g/mol. The van der Waals surface area contributed by atoms with Gasteiger partial charge in [0.05, 0.1) is 4.90 Å². The molecule has 2 N–H and O–H groups in total. The van der Waals surface area contributed by atoms with Crippen molar-refractivity contribution in [3.05, 3.63) is 64.2 Å². The number of benzene rings is 2. The number of hydrogen-bond acceptors (Lipinski definition) is 5. The third kappa shape index (κ3) is 2.84. The molecule has 8 heteroatoms. The lowest BCUT2D eigenvalue weighted by atomic mass is 10.00. The van der Waals surface area contributed by atoms with Crippen molar-refractivity contribution in [2.75, 3.05) is 0 Å². The van der Waals surface area contributed by atoms with Gasteiger partial charge in [-0.1, -0.05) is 24.3 Å². The Labute approximate surface area is 138 Å². The van der Waals surface area contributed by atoms with Crippen molar-refractivity contribution in [3.8, 4) is 11.1 Å². The molecule has 3 aromatic rings. The van der Waals surface area contributed by atoms with Crippen molar-refractivity contribution >= 4 is 26.7 Å². The number of nitrogens with zero attached hydrogens (tertiary/aromatic N) is 2.